The molecule has 19 heavy (non-hydrogen) atoms. The molecule has 6 heteroatoms. The van der Waals surface area contributed by atoms with E-state index in [1.54, 1.807) is 12.1 Å². The lowest BCUT2D eigenvalue weighted by Gasteiger charge is -2.15. The Bertz CT molecular complexity index is 434. The lowest BCUT2D eigenvalue weighted by atomic mass is 10.1. The second-order valence-electron chi connectivity index (χ2n) is 4.17. The number of urea groups is 1. The Labute approximate surface area is 117 Å². The van der Waals surface area contributed by atoms with Gasteiger partial charge in [-0.25, -0.2) is 4.79 Å². The first-order valence-electron chi connectivity index (χ1n) is 6.00. The third kappa shape index (κ3) is 6.10. The predicted octanol–water partition coefficient (Wildman–Crippen LogP) is 2.57. The number of hydrogen-bond acceptors (Lipinski definition) is 2. The summed E-state index contributed by atoms with van der Waals surface area (Å²) in [5, 5.41) is 14.5. The molecule has 104 valence electrons. The van der Waals surface area contributed by atoms with Gasteiger partial charge < -0.3 is 15.7 Å². The number of carbonyl (C=O) groups is 2. The average Bonchev–Trinajstić information content (AvgIpc) is 2.35. The number of aliphatic carboxylic acids is 1. The van der Waals surface area contributed by atoms with E-state index in [2.05, 4.69) is 10.6 Å². The molecule has 0 radical (unpaired) electrons. The van der Waals surface area contributed by atoms with Gasteiger partial charge in [0.25, 0.3) is 0 Å². The molecule has 0 heterocycles. The van der Waals surface area contributed by atoms with Crippen LogP contribution in [0.2, 0.25) is 5.02 Å². The van der Waals surface area contributed by atoms with E-state index < -0.39 is 5.97 Å². The Morgan fingerprint density at radius 3 is 2.53 bits per heavy atom. The van der Waals surface area contributed by atoms with Gasteiger partial charge in [0.05, 0.1) is 6.04 Å². The fourth-order valence-corrected chi connectivity index (χ4v) is 1.65. The first kappa shape index (κ1) is 15.3. The van der Waals surface area contributed by atoms with Crippen LogP contribution in [0.1, 0.15) is 31.4 Å². The SMILES string of the molecule is C[C@@H](NC(=O)NCCCC(=O)O)c1ccc(Cl)cc1. The van der Waals surface area contributed by atoms with Crippen LogP contribution in [0, 0.1) is 0 Å². The Kier molecular flexibility index (Phi) is 6.15. The predicted molar refractivity (Wildman–Crippen MR) is 73.3 cm³/mol. The number of hydrogen-bond donors (Lipinski definition) is 3. The highest BCUT2D eigenvalue weighted by molar-refractivity contribution is 6.30. The molecule has 3 N–H and O–H groups in total. The Balaban J connectivity index is 2.31. The molecule has 0 aromatic heterocycles. The summed E-state index contributed by atoms with van der Waals surface area (Å²) in [5.74, 6) is -0.864. The number of carboxylic acids is 1. The van der Waals surface area contributed by atoms with E-state index in [0.717, 1.165) is 5.56 Å². The van der Waals surface area contributed by atoms with Crippen molar-refractivity contribution in [3.05, 3.63) is 34.9 Å². The third-order valence-corrected chi connectivity index (χ3v) is 2.82. The number of carbonyl (C=O) groups excluding carboxylic acids is 1. The smallest absolute Gasteiger partial charge is 0.315 e. The van der Waals surface area contributed by atoms with Gasteiger partial charge in [-0.2, -0.15) is 0 Å². The molecule has 1 aromatic carbocycles. The molecule has 1 rings (SSSR count). The molecule has 5 nitrogen and oxygen atoms in total. The van der Waals surface area contributed by atoms with E-state index in [1.807, 2.05) is 19.1 Å². The lowest BCUT2D eigenvalue weighted by molar-refractivity contribution is -0.137. The maximum atomic E-state index is 11.5. The number of carboxylic acid groups (broad SMARTS) is 1. The van der Waals surface area contributed by atoms with Crippen LogP contribution in [0.25, 0.3) is 0 Å². The summed E-state index contributed by atoms with van der Waals surface area (Å²) in [6, 6.07) is 6.76. The molecule has 0 unspecified atom stereocenters. The Morgan fingerprint density at radius 2 is 1.95 bits per heavy atom. The van der Waals surface area contributed by atoms with E-state index in [-0.39, 0.29) is 18.5 Å². The van der Waals surface area contributed by atoms with E-state index in [1.165, 1.54) is 0 Å². The molecule has 0 aliphatic rings. The molecule has 0 bridgehead atoms. The molecule has 1 aromatic rings. The van der Waals surface area contributed by atoms with Gasteiger partial charge >= 0.3 is 12.0 Å². The number of nitrogens with one attached hydrogen (secondary N) is 2. The highest BCUT2D eigenvalue weighted by atomic mass is 35.5. The van der Waals surface area contributed by atoms with Crippen LogP contribution < -0.4 is 10.6 Å². The van der Waals surface area contributed by atoms with Crippen LogP contribution in [0.4, 0.5) is 4.79 Å². The molecule has 2 amide bonds. The van der Waals surface area contributed by atoms with Crippen LogP contribution in [0.5, 0.6) is 0 Å². The molecule has 0 spiro atoms. The van der Waals surface area contributed by atoms with Gasteiger partial charge in [-0.1, -0.05) is 23.7 Å². The molecular weight excluding hydrogens is 268 g/mol. The summed E-state index contributed by atoms with van der Waals surface area (Å²) in [5.41, 5.74) is 0.949. The van der Waals surface area contributed by atoms with Crippen molar-refractivity contribution in [1.29, 1.82) is 0 Å². The Morgan fingerprint density at radius 1 is 1.32 bits per heavy atom. The molecular formula is C13H17ClN2O3. The standard InChI is InChI=1S/C13H17ClN2O3/c1-9(10-4-6-11(14)7-5-10)16-13(19)15-8-2-3-12(17)18/h4-7,9H,2-3,8H2,1H3,(H,17,18)(H2,15,16,19)/t9-/m1/s1. The fraction of sp³-hybridized carbons (Fsp3) is 0.385. The molecule has 0 aliphatic heterocycles. The summed E-state index contributed by atoms with van der Waals surface area (Å²) in [7, 11) is 0. The van der Waals surface area contributed by atoms with E-state index in [9.17, 15) is 9.59 Å². The highest BCUT2D eigenvalue weighted by Crippen LogP contribution is 2.15. The monoisotopic (exact) mass is 284 g/mol. The molecule has 0 saturated carbocycles. The third-order valence-electron chi connectivity index (χ3n) is 2.57. The van der Waals surface area contributed by atoms with Crippen molar-refractivity contribution in [3.63, 3.8) is 0 Å². The van der Waals surface area contributed by atoms with Crippen molar-refractivity contribution < 1.29 is 14.7 Å². The van der Waals surface area contributed by atoms with Gasteiger partial charge in [-0.3, -0.25) is 4.79 Å². The van der Waals surface area contributed by atoms with Gasteiger partial charge in [0.1, 0.15) is 0 Å². The summed E-state index contributed by atoms with van der Waals surface area (Å²) in [4.78, 5) is 21.8. The van der Waals surface area contributed by atoms with Crippen molar-refractivity contribution in [1.82, 2.24) is 10.6 Å². The van der Waals surface area contributed by atoms with Gasteiger partial charge in [0.2, 0.25) is 0 Å². The van der Waals surface area contributed by atoms with Crippen LogP contribution in [0.15, 0.2) is 24.3 Å². The Hall–Kier alpha value is -1.75. The first-order chi connectivity index (χ1) is 8.99. The van der Waals surface area contributed by atoms with Crippen molar-refractivity contribution in [2.45, 2.75) is 25.8 Å². The zero-order valence-corrected chi connectivity index (χ0v) is 11.4. The average molecular weight is 285 g/mol. The first-order valence-corrected chi connectivity index (χ1v) is 6.38. The van der Waals surface area contributed by atoms with Crippen LogP contribution in [-0.2, 0) is 4.79 Å². The summed E-state index contributed by atoms with van der Waals surface area (Å²) < 4.78 is 0. The van der Waals surface area contributed by atoms with Crippen molar-refractivity contribution in [3.8, 4) is 0 Å². The summed E-state index contributed by atoms with van der Waals surface area (Å²) in [6.45, 7) is 2.20. The normalized spacial score (nSPS) is 11.7. The highest BCUT2D eigenvalue weighted by Gasteiger charge is 2.08. The van der Waals surface area contributed by atoms with E-state index >= 15 is 0 Å². The maximum Gasteiger partial charge on any atom is 0.315 e. The molecule has 0 aliphatic carbocycles. The minimum Gasteiger partial charge on any atom is -0.481 e. The van der Waals surface area contributed by atoms with Gasteiger partial charge in [-0.15, -0.1) is 0 Å². The fourth-order valence-electron chi connectivity index (χ4n) is 1.52. The van der Waals surface area contributed by atoms with Crippen molar-refractivity contribution in [2.75, 3.05) is 6.54 Å². The van der Waals surface area contributed by atoms with E-state index in [4.69, 9.17) is 16.7 Å². The minimum absolute atomic E-state index is 0.0486. The zero-order chi connectivity index (χ0) is 14.3. The number of amides is 2. The second-order valence-corrected chi connectivity index (χ2v) is 4.61. The molecule has 0 saturated heterocycles. The van der Waals surface area contributed by atoms with Crippen LogP contribution in [-0.4, -0.2) is 23.7 Å². The molecule has 1 atom stereocenters. The van der Waals surface area contributed by atoms with Crippen molar-refractivity contribution in [2.24, 2.45) is 0 Å². The van der Waals surface area contributed by atoms with E-state index in [0.29, 0.717) is 18.0 Å². The van der Waals surface area contributed by atoms with Gasteiger partial charge in [-0.05, 0) is 31.0 Å². The van der Waals surface area contributed by atoms with Crippen LogP contribution >= 0.6 is 11.6 Å². The summed E-state index contributed by atoms with van der Waals surface area (Å²) in [6.07, 6.45) is 0.463. The number of halogens is 1. The topological polar surface area (TPSA) is 78.4 Å². The molecule has 0 fully saturated rings. The minimum atomic E-state index is -0.864. The summed E-state index contributed by atoms with van der Waals surface area (Å²) >= 11 is 5.78. The lowest BCUT2D eigenvalue weighted by Crippen LogP contribution is -2.37. The van der Waals surface area contributed by atoms with Crippen molar-refractivity contribution >= 4 is 23.6 Å². The van der Waals surface area contributed by atoms with Crippen LogP contribution in [0.3, 0.4) is 0 Å². The zero-order valence-electron chi connectivity index (χ0n) is 10.6. The van der Waals surface area contributed by atoms with Gasteiger partial charge in [0.15, 0.2) is 0 Å². The van der Waals surface area contributed by atoms with Gasteiger partial charge in [0, 0.05) is 18.0 Å². The second kappa shape index (κ2) is 7.63. The quantitative estimate of drug-likeness (QED) is 0.703. The number of benzene rings is 1. The largest absolute Gasteiger partial charge is 0.481 e. The maximum absolute atomic E-state index is 11.5. The number of rotatable bonds is 6.